The third kappa shape index (κ3) is 1.77. The molecule has 0 radical (unpaired) electrons. The zero-order valence-corrected chi connectivity index (χ0v) is 9.27. The Bertz CT molecular complexity index is 550. The molecule has 2 N–H and O–H groups in total. The molecule has 0 unspecified atom stereocenters. The first-order valence-electron chi connectivity index (χ1n) is 4.54. The lowest BCUT2D eigenvalue weighted by atomic mass is 10.1. The zero-order chi connectivity index (χ0) is 11.7. The number of anilines is 1. The molecule has 1 aromatic carbocycles. The molecule has 6 heteroatoms. The van der Waals surface area contributed by atoms with Gasteiger partial charge in [-0.3, -0.25) is 4.79 Å². The number of aromatic nitrogens is 3. The van der Waals surface area contributed by atoms with E-state index >= 15 is 0 Å². The van der Waals surface area contributed by atoms with Crippen LogP contribution in [0, 0.1) is 0 Å². The molecule has 0 bridgehead atoms. The van der Waals surface area contributed by atoms with Gasteiger partial charge >= 0.3 is 0 Å². The summed E-state index contributed by atoms with van der Waals surface area (Å²) in [6.45, 7) is 0. The maximum Gasteiger partial charge on any atom is 0.214 e. The molecule has 0 fully saturated rings. The largest absolute Gasteiger partial charge is 0.398 e. The van der Waals surface area contributed by atoms with E-state index in [4.69, 9.17) is 17.3 Å². The molecule has 1 heterocycles. The van der Waals surface area contributed by atoms with Gasteiger partial charge < -0.3 is 5.73 Å². The highest BCUT2D eigenvalue weighted by Gasteiger charge is 2.16. The summed E-state index contributed by atoms with van der Waals surface area (Å²) in [6.07, 6.45) is 1.40. The van der Waals surface area contributed by atoms with Crippen molar-refractivity contribution in [3.05, 3.63) is 40.7 Å². The molecule has 2 aromatic rings. The fraction of sp³-hybridized carbons (Fsp3) is 0.100. The summed E-state index contributed by atoms with van der Waals surface area (Å²) >= 11 is 5.76. The van der Waals surface area contributed by atoms with Gasteiger partial charge in [0, 0.05) is 23.3 Å². The van der Waals surface area contributed by atoms with Gasteiger partial charge in [0.05, 0.1) is 6.20 Å². The summed E-state index contributed by atoms with van der Waals surface area (Å²) in [5.41, 5.74) is 6.85. The molecule has 0 aliphatic rings. The Hall–Kier alpha value is -1.88. The number of halogens is 1. The van der Waals surface area contributed by atoms with Gasteiger partial charge in [0.25, 0.3) is 0 Å². The number of carbonyl (C=O) groups is 1. The van der Waals surface area contributed by atoms with Crippen LogP contribution >= 0.6 is 11.6 Å². The van der Waals surface area contributed by atoms with Crippen molar-refractivity contribution in [2.75, 3.05) is 5.73 Å². The van der Waals surface area contributed by atoms with E-state index in [1.54, 1.807) is 25.2 Å². The predicted molar refractivity (Wildman–Crippen MR) is 60.3 cm³/mol. The second kappa shape index (κ2) is 3.94. The van der Waals surface area contributed by atoms with Crippen molar-refractivity contribution in [3.8, 4) is 0 Å². The molecule has 5 nitrogen and oxygen atoms in total. The highest BCUT2D eigenvalue weighted by atomic mass is 35.5. The number of ketones is 1. The fourth-order valence-electron chi connectivity index (χ4n) is 1.37. The minimum atomic E-state index is -0.221. The van der Waals surface area contributed by atoms with Gasteiger partial charge in [-0.15, -0.1) is 5.10 Å². The Kier molecular flexibility index (Phi) is 2.62. The number of nitrogens with zero attached hydrogens (tertiary/aromatic N) is 3. The third-order valence-corrected chi connectivity index (χ3v) is 2.44. The van der Waals surface area contributed by atoms with E-state index in [0.717, 1.165) is 0 Å². The Balaban J connectivity index is 2.46. The van der Waals surface area contributed by atoms with Crippen LogP contribution in [0.4, 0.5) is 5.69 Å². The van der Waals surface area contributed by atoms with E-state index in [1.807, 2.05) is 0 Å². The maximum absolute atomic E-state index is 12.0. The summed E-state index contributed by atoms with van der Waals surface area (Å²) < 4.78 is 1.40. The number of hydrogen-bond acceptors (Lipinski definition) is 4. The summed E-state index contributed by atoms with van der Waals surface area (Å²) in [5, 5.41) is 7.83. The first-order chi connectivity index (χ1) is 7.59. The van der Waals surface area contributed by atoms with Crippen LogP contribution in [-0.4, -0.2) is 20.8 Å². The monoisotopic (exact) mass is 236 g/mol. The molecule has 0 atom stereocenters. The number of hydrogen-bond donors (Lipinski definition) is 1. The molecule has 0 amide bonds. The van der Waals surface area contributed by atoms with E-state index in [1.165, 1.54) is 10.9 Å². The van der Waals surface area contributed by atoms with Gasteiger partial charge in [-0.2, -0.15) is 0 Å². The van der Waals surface area contributed by atoms with E-state index in [9.17, 15) is 4.79 Å². The van der Waals surface area contributed by atoms with Crippen LogP contribution in [0.15, 0.2) is 24.4 Å². The van der Waals surface area contributed by atoms with Crippen LogP contribution in [0.2, 0.25) is 5.02 Å². The van der Waals surface area contributed by atoms with E-state index < -0.39 is 0 Å². The van der Waals surface area contributed by atoms with Crippen LogP contribution in [0.5, 0.6) is 0 Å². The van der Waals surface area contributed by atoms with Gasteiger partial charge in [0.15, 0.2) is 0 Å². The van der Waals surface area contributed by atoms with Gasteiger partial charge in [-0.05, 0) is 18.2 Å². The van der Waals surface area contributed by atoms with E-state index in [0.29, 0.717) is 22.0 Å². The van der Waals surface area contributed by atoms with Crippen LogP contribution in [0.3, 0.4) is 0 Å². The maximum atomic E-state index is 12.0. The summed E-state index contributed by atoms with van der Waals surface area (Å²) in [4.78, 5) is 12.0. The highest BCUT2D eigenvalue weighted by Crippen LogP contribution is 2.20. The molecule has 82 valence electrons. The van der Waals surface area contributed by atoms with Crippen LogP contribution in [0.25, 0.3) is 0 Å². The molecule has 1 aromatic heterocycles. The Morgan fingerprint density at radius 2 is 2.25 bits per heavy atom. The van der Waals surface area contributed by atoms with Crippen LogP contribution in [0.1, 0.15) is 16.1 Å². The smallest absolute Gasteiger partial charge is 0.214 e. The molecular weight excluding hydrogens is 228 g/mol. The SMILES string of the molecule is Cn1nncc1C(=O)c1ccc(Cl)cc1N. The lowest BCUT2D eigenvalue weighted by Gasteiger charge is -2.04. The molecule has 16 heavy (non-hydrogen) atoms. The first-order valence-corrected chi connectivity index (χ1v) is 4.92. The van der Waals surface area contributed by atoms with Crippen molar-refractivity contribution in [3.63, 3.8) is 0 Å². The quantitative estimate of drug-likeness (QED) is 0.630. The highest BCUT2D eigenvalue weighted by molar-refractivity contribution is 6.31. The molecule has 0 spiro atoms. The van der Waals surface area contributed by atoms with Crippen molar-refractivity contribution >= 4 is 23.1 Å². The van der Waals surface area contributed by atoms with Gasteiger partial charge in [-0.25, -0.2) is 4.68 Å². The second-order valence-corrected chi connectivity index (χ2v) is 3.74. The Labute approximate surface area is 96.8 Å². The molecular formula is C10H9ClN4O. The van der Waals surface area contributed by atoms with Crippen molar-refractivity contribution in [2.45, 2.75) is 0 Å². The molecule has 0 aliphatic carbocycles. The second-order valence-electron chi connectivity index (χ2n) is 3.30. The van der Waals surface area contributed by atoms with Crippen molar-refractivity contribution in [1.29, 1.82) is 0 Å². The molecule has 0 aliphatic heterocycles. The lowest BCUT2D eigenvalue weighted by Crippen LogP contribution is -2.10. The van der Waals surface area contributed by atoms with Crippen molar-refractivity contribution < 1.29 is 4.79 Å². The Morgan fingerprint density at radius 3 is 2.81 bits per heavy atom. The predicted octanol–water partition coefficient (Wildman–Crippen LogP) is 1.28. The standard InChI is InChI=1S/C10H9ClN4O/c1-15-9(5-13-14-15)10(16)7-3-2-6(11)4-8(7)12/h2-5H,12H2,1H3. The summed E-state index contributed by atoms with van der Waals surface area (Å²) in [5.74, 6) is -0.221. The fourth-order valence-corrected chi connectivity index (χ4v) is 1.55. The first kappa shape index (κ1) is 10.6. The lowest BCUT2D eigenvalue weighted by molar-refractivity contribution is 0.103. The number of carbonyl (C=O) groups excluding carboxylic acids is 1. The Morgan fingerprint density at radius 1 is 1.50 bits per heavy atom. The number of nitrogen functional groups attached to an aromatic ring is 1. The number of aryl methyl sites for hydroxylation is 1. The minimum absolute atomic E-state index is 0.221. The average molecular weight is 237 g/mol. The normalized spacial score (nSPS) is 10.4. The summed E-state index contributed by atoms with van der Waals surface area (Å²) in [7, 11) is 1.65. The van der Waals surface area contributed by atoms with Crippen molar-refractivity contribution in [1.82, 2.24) is 15.0 Å². The van der Waals surface area contributed by atoms with E-state index in [2.05, 4.69) is 10.3 Å². The molecule has 0 saturated carbocycles. The topological polar surface area (TPSA) is 73.8 Å². The van der Waals surface area contributed by atoms with Gasteiger partial charge in [0.2, 0.25) is 5.78 Å². The van der Waals surface area contributed by atoms with Crippen molar-refractivity contribution in [2.24, 2.45) is 7.05 Å². The average Bonchev–Trinajstić information content (AvgIpc) is 2.63. The minimum Gasteiger partial charge on any atom is -0.398 e. The third-order valence-electron chi connectivity index (χ3n) is 2.21. The molecule has 2 rings (SSSR count). The zero-order valence-electron chi connectivity index (χ0n) is 8.51. The number of benzene rings is 1. The van der Waals surface area contributed by atoms with Crippen LogP contribution < -0.4 is 5.73 Å². The molecule has 0 saturated heterocycles. The van der Waals surface area contributed by atoms with Crippen LogP contribution in [-0.2, 0) is 7.05 Å². The van der Waals surface area contributed by atoms with Gasteiger partial charge in [-0.1, -0.05) is 16.8 Å². The summed E-state index contributed by atoms with van der Waals surface area (Å²) in [6, 6.07) is 4.75. The van der Waals surface area contributed by atoms with Gasteiger partial charge in [0.1, 0.15) is 5.69 Å². The van der Waals surface area contributed by atoms with E-state index in [-0.39, 0.29) is 5.78 Å². The number of rotatable bonds is 2. The number of nitrogens with two attached hydrogens (primary N) is 1.